The maximum atomic E-state index is 10.9. The van der Waals surface area contributed by atoms with Crippen molar-refractivity contribution in [2.45, 2.75) is 13.1 Å². The van der Waals surface area contributed by atoms with Gasteiger partial charge in [-0.25, -0.2) is 19.6 Å². The number of hydrogen-bond acceptors (Lipinski definition) is 5. The lowest BCUT2D eigenvalue weighted by atomic mass is 10.2. The van der Waals surface area contributed by atoms with Gasteiger partial charge in [0.05, 0.1) is 11.4 Å². The standard InChI is InChI=1S/C15H15N3O4/c1-18(8-10-4-2-6-12(16-10)14(19)20)9-11-5-3-7-13(17-11)15(21)22/h2-7H,8-9H2,1H3,(H,19,20)(H,21,22). The van der Waals surface area contributed by atoms with Crippen molar-refractivity contribution >= 4 is 11.9 Å². The van der Waals surface area contributed by atoms with Crippen LogP contribution >= 0.6 is 0 Å². The fourth-order valence-corrected chi connectivity index (χ4v) is 1.98. The Balaban J connectivity index is 2.05. The number of rotatable bonds is 6. The quantitative estimate of drug-likeness (QED) is 0.833. The van der Waals surface area contributed by atoms with Crippen LogP contribution in [0.4, 0.5) is 0 Å². The van der Waals surface area contributed by atoms with E-state index in [9.17, 15) is 9.59 Å². The lowest BCUT2D eigenvalue weighted by Crippen LogP contribution is -2.20. The van der Waals surface area contributed by atoms with Crippen LogP contribution in [-0.2, 0) is 13.1 Å². The number of aromatic carboxylic acids is 2. The Bertz CT molecular complexity index is 643. The van der Waals surface area contributed by atoms with Crippen LogP contribution in [0.2, 0.25) is 0 Å². The highest BCUT2D eigenvalue weighted by atomic mass is 16.4. The molecule has 0 aliphatic carbocycles. The van der Waals surface area contributed by atoms with Gasteiger partial charge in [-0.2, -0.15) is 0 Å². The topological polar surface area (TPSA) is 104 Å². The summed E-state index contributed by atoms with van der Waals surface area (Å²) in [4.78, 5) is 31.7. The zero-order chi connectivity index (χ0) is 16.1. The van der Waals surface area contributed by atoms with Crippen molar-refractivity contribution in [3.63, 3.8) is 0 Å². The third-order valence-electron chi connectivity index (χ3n) is 2.92. The first-order chi connectivity index (χ1) is 10.5. The molecule has 0 fully saturated rings. The molecular formula is C15H15N3O4. The maximum Gasteiger partial charge on any atom is 0.354 e. The SMILES string of the molecule is CN(Cc1cccc(C(=O)O)n1)Cc1cccc(C(=O)O)n1. The van der Waals surface area contributed by atoms with Gasteiger partial charge in [0.25, 0.3) is 0 Å². The normalized spacial score (nSPS) is 10.6. The Morgan fingerprint density at radius 1 is 0.909 bits per heavy atom. The molecule has 0 amide bonds. The number of carbonyl (C=O) groups is 2. The molecule has 0 aliphatic heterocycles. The van der Waals surface area contributed by atoms with Gasteiger partial charge in [0, 0.05) is 13.1 Å². The summed E-state index contributed by atoms with van der Waals surface area (Å²) in [6.45, 7) is 0.861. The second-order valence-corrected chi connectivity index (χ2v) is 4.81. The monoisotopic (exact) mass is 301 g/mol. The summed E-state index contributed by atoms with van der Waals surface area (Å²) >= 11 is 0. The number of carboxylic acid groups (broad SMARTS) is 2. The molecule has 2 rings (SSSR count). The number of carboxylic acids is 2. The molecular weight excluding hydrogens is 286 g/mol. The highest BCUT2D eigenvalue weighted by Gasteiger charge is 2.09. The second kappa shape index (κ2) is 6.77. The van der Waals surface area contributed by atoms with Crippen molar-refractivity contribution in [3.05, 3.63) is 59.2 Å². The minimum absolute atomic E-state index is 0.00287. The summed E-state index contributed by atoms with van der Waals surface area (Å²) in [6.07, 6.45) is 0. The highest BCUT2D eigenvalue weighted by Crippen LogP contribution is 2.07. The van der Waals surface area contributed by atoms with Gasteiger partial charge < -0.3 is 10.2 Å². The largest absolute Gasteiger partial charge is 0.477 e. The third-order valence-corrected chi connectivity index (χ3v) is 2.92. The first kappa shape index (κ1) is 15.6. The number of hydrogen-bond donors (Lipinski definition) is 2. The van der Waals surface area contributed by atoms with Crippen LogP contribution in [-0.4, -0.2) is 44.1 Å². The molecule has 22 heavy (non-hydrogen) atoms. The van der Waals surface area contributed by atoms with Crippen LogP contribution < -0.4 is 0 Å². The lowest BCUT2D eigenvalue weighted by Gasteiger charge is -2.16. The molecule has 0 atom stereocenters. The van der Waals surface area contributed by atoms with Crippen molar-refractivity contribution < 1.29 is 19.8 Å². The Labute approximate surface area is 126 Å². The molecule has 2 aromatic rings. The average Bonchev–Trinajstić information content (AvgIpc) is 2.47. The van der Waals surface area contributed by atoms with Gasteiger partial charge >= 0.3 is 11.9 Å². The summed E-state index contributed by atoms with van der Waals surface area (Å²) < 4.78 is 0. The molecule has 2 heterocycles. The molecule has 114 valence electrons. The number of aromatic nitrogens is 2. The Hall–Kier alpha value is -2.80. The molecule has 0 unspecified atom stereocenters. The minimum Gasteiger partial charge on any atom is -0.477 e. The van der Waals surface area contributed by atoms with Crippen LogP contribution in [0, 0.1) is 0 Å². The Morgan fingerprint density at radius 3 is 1.68 bits per heavy atom. The van der Waals surface area contributed by atoms with Gasteiger partial charge in [0.1, 0.15) is 11.4 Å². The highest BCUT2D eigenvalue weighted by molar-refractivity contribution is 5.85. The fourth-order valence-electron chi connectivity index (χ4n) is 1.98. The molecule has 2 N–H and O–H groups in total. The fraction of sp³-hybridized carbons (Fsp3) is 0.200. The summed E-state index contributed by atoms with van der Waals surface area (Å²) in [5.41, 5.74) is 1.24. The van der Waals surface area contributed by atoms with E-state index in [1.54, 1.807) is 24.3 Å². The van der Waals surface area contributed by atoms with Crippen molar-refractivity contribution in [1.82, 2.24) is 14.9 Å². The van der Waals surface area contributed by atoms with Crippen molar-refractivity contribution in [2.75, 3.05) is 7.05 Å². The molecule has 7 nitrogen and oxygen atoms in total. The first-order valence-electron chi connectivity index (χ1n) is 6.52. The van der Waals surface area contributed by atoms with E-state index < -0.39 is 11.9 Å². The van der Waals surface area contributed by atoms with Crippen molar-refractivity contribution in [1.29, 1.82) is 0 Å². The Kier molecular flexibility index (Phi) is 4.80. The van der Waals surface area contributed by atoms with Gasteiger partial charge in [-0.15, -0.1) is 0 Å². The van der Waals surface area contributed by atoms with Crippen LogP contribution in [0.1, 0.15) is 32.4 Å². The zero-order valence-corrected chi connectivity index (χ0v) is 11.9. The van der Waals surface area contributed by atoms with Crippen molar-refractivity contribution in [3.8, 4) is 0 Å². The zero-order valence-electron chi connectivity index (χ0n) is 11.9. The molecule has 0 aromatic carbocycles. The summed E-state index contributed by atoms with van der Waals surface area (Å²) in [6, 6.07) is 9.63. The molecule has 0 spiro atoms. The van der Waals surface area contributed by atoms with Gasteiger partial charge in [-0.1, -0.05) is 12.1 Å². The van der Waals surface area contributed by atoms with E-state index in [-0.39, 0.29) is 11.4 Å². The lowest BCUT2D eigenvalue weighted by molar-refractivity contribution is 0.0679. The van der Waals surface area contributed by atoms with E-state index in [0.717, 1.165) is 0 Å². The third kappa shape index (κ3) is 4.10. The predicted octanol–water partition coefficient (Wildman–Crippen LogP) is 1.51. The van der Waals surface area contributed by atoms with E-state index in [1.807, 2.05) is 11.9 Å². The molecule has 0 radical (unpaired) electrons. The molecule has 2 aromatic heterocycles. The molecule has 0 aliphatic rings. The summed E-state index contributed by atoms with van der Waals surface area (Å²) in [7, 11) is 1.82. The maximum absolute atomic E-state index is 10.9. The summed E-state index contributed by atoms with van der Waals surface area (Å²) in [5.74, 6) is -2.14. The first-order valence-corrected chi connectivity index (χ1v) is 6.52. The van der Waals surface area contributed by atoms with Crippen LogP contribution in [0.3, 0.4) is 0 Å². The number of pyridine rings is 2. The molecule has 7 heteroatoms. The minimum atomic E-state index is -1.07. The predicted molar refractivity (Wildman–Crippen MR) is 77.6 cm³/mol. The van der Waals surface area contributed by atoms with Gasteiger partial charge in [0.2, 0.25) is 0 Å². The van der Waals surface area contributed by atoms with Crippen molar-refractivity contribution in [2.24, 2.45) is 0 Å². The molecule has 0 saturated heterocycles. The van der Waals surface area contributed by atoms with Crippen LogP contribution in [0.5, 0.6) is 0 Å². The summed E-state index contributed by atoms with van der Waals surface area (Å²) in [5, 5.41) is 17.8. The van der Waals surface area contributed by atoms with E-state index in [4.69, 9.17) is 10.2 Å². The van der Waals surface area contributed by atoms with Gasteiger partial charge in [0.15, 0.2) is 0 Å². The van der Waals surface area contributed by atoms with E-state index in [1.165, 1.54) is 12.1 Å². The smallest absolute Gasteiger partial charge is 0.354 e. The Morgan fingerprint density at radius 2 is 1.32 bits per heavy atom. The van der Waals surface area contributed by atoms with Gasteiger partial charge in [-0.05, 0) is 31.3 Å². The van der Waals surface area contributed by atoms with Gasteiger partial charge in [-0.3, -0.25) is 4.90 Å². The molecule has 0 bridgehead atoms. The van der Waals surface area contributed by atoms with E-state index in [2.05, 4.69) is 9.97 Å². The number of nitrogens with zero attached hydrogens (tertiary/aromatic N) is 3. The van der Waals surface area contributed by atoms with Crippen LogP contribution in [0.15, 0.2) is 36.4 Å². The van der Waals surface area contributed by atoms with E-state index in [0.29, 0.717) is 24.5 Å². The average molecular weight is 301 g/mol. The van der Waals surface area contributed by atoms with E-state index >= 15 is 0 Å². The molecule has 0 saturated carbocycles. The second-order valence-electron chi connectivity index (χ2n) is 4.81. The van der Waals surface area contributed by atoms with Crippen LogP contribution in [0.25, 0.3) is 0 Å².